The van der Waals surface area contributed by atoms with Gasteiger partial charge in [0, 0.05) is 17.7 Å². The van der Waals surface area contributed by atoms with Crippen LogP contribution in [0.4, 0.5) is 0 Å². The normalized spacial score (nSPS) is 10.0. The number of hydrogen-bond donors (Lipinski definition) is 0. The maximum Gasteiger partial charge on any atom is 0.213 e. The van der Waals surface area contributed by atoms with Crippen molar-refractivity contribution in [2.45, 2.75) is 6.54 Å². The summed E-state index contributed by atoms with van der Waals surface area (Å²) in [5.74, 6) is 0. The van der Waals surface area contributed by atoms with E-state index >= 15 is 0 Å². The third-order valence-corrected chi connectivity index (χ3v) is 3.37. The smallest absolute Gasteiger partial charge is 0.213 e. The van der Waals surface area contributed by atoms with E-state index in [9.17, 15) is 0 Å². The van der Waals surface area contributed by atoms with Crippen molar-refractivity contribution in [3.05, 3.63) is 84.6 Å². The lowest BCUT2D eigenvalue weighted by Crippen LogP contribution is -3.00. The second-order valence-electron chi connectivity index (χ2n) is 4.61. The van der Waals surface area contributed by atoms with Gasteiger partial charge >= 0.3 is 0 Å². The summed E-state index contributed by atoms with van der Waals surface area (Å²) in [6.07, 6.45) is 4.04. The summed E-state index contributed by atoms with van der Waals surface area (Å²) in [6, 6.07) is 21.1. The zero-order valence-electron chi connectivity index (χ0n) is 11.2. The first-order chi connectivity index (χ1) is 9.38. The third-order valence-electron chi connectivity index (χ3n) is 3.37. The van der Waals surface area contributed by atoms with E-state index in [0.717, 1.165) is 6.54 Å². The lowest BCUT2D eigenvalue weighted by atomic mass is 10.1. The average Bonchev–Trinajstić information content (AvgIpc) is 2.49. The van der Waals surface area contributed by atoms with Crippen LogP contribution in [0.1, 0.15) is 11.1 Å². The Morgan fingerprint density at radius 2 is 1.60 bits per heavy atom. The SMILES string of the molecule is C=Cc1cc[n+](Cc2ccccc2)c2ccccc12.[Cl-]. The number of benzene rings is 2. The van der Waals surface area contributed by atoms with Crippen LogP contribution >= 0.6 is 0 Å². The van der Waals surface area contributed by atoms with Crippen LogP contribution in [0, 0.1) is 0 Å². The van der Waals surface area contributed by atoms with Gasteiger partial charge in [-0.1, -0.05) is 55.1 Å². The minimum atomic E-state index is 0. The highest BCUT2D eigenvalue weighted by molar-refractivity contribution is 5.85. The molecule has 0 unspecified atom stereocenters. The molecule has 0 saturated heterocycles. The van der Waals surface area contributed by atoms with E-state index in [1.165, 1.54) is 22.0 Å². The first-order valence-corrected chi connectivity index (χ1v) is 6.46. The van der Waals surface area contributed by atoms with Gasteiger partial charge in [-0.05, 0) is 11.6 Å². The summed E-state index contributed by atoms with van der Waals surface area (Å²) in [7, 11) is 0. The molecule has 0 aliphatic carbocycles. The van der Waals surface area contributed by atoms with Crippen molar-refractivity contribution in [1.82, 2.24) is 0 Å². The molecule has 20 heavy (non-hydrogen) atoms. The molecule has 0 saturated carbocycles. The van der Waals surface area contributed by atoms with Gasteiger partial charge in [0.2, 0.25) is 5.52 Å². The summed E-state index contributed by atoms with van der Waals surface area (Å²) in [6.45, 7) is 4.77. The van der Waals surface area contributed by atoms with Crippen LogP contribution in [0.5, 0.6) is 0 Å². The first kappa shape index (κ1) is 14.3. The van der Waals surface area contributed by atoms with Crippen molar-refractivity contribution in [2.24, 2.45) is 0 Å². The molecular formula is C18H16ClN. The molecule has 0 amide bonds. The molecule has 1 heterocycles. The van der Waals surface area contributed by atoms with Gasteiger partial charge in [0.1, 0.15) is 0 Å². The summed E-state index contributed by atoms with van der Waals surface area (Å²) in [4.78, 5) is 0. The van der Waals surface area contributed by atoms with E-state index in [4.69, 9.17) is 0 Å². The highest BCUT2D eigenvalue weighted by Gasteiger charge is 2.10. The van der Waals surface area contributed by atoms with Crippen LogP contribution < -0.4 is 17.0 Å². The number of nitrogens with zero attached hydrogens (tertiary/aromatic N) is 1. The van der Waals surface area contributed by atoms with Gasteiger partial charge in [0.15, 0.2) is 12.7 Å². The standard InChI is InChI=1S/C18H16N.ClH/c1-2-16-12-13-19(14-15-8-4-3-5-9-15)18-11-7-6-10-17(16)18;/h2-13H,1,14H2;1H/q+1;/p-1. The molecule has 2 aromatic carbocycles. The van der Waals surface area contributed by atoms with Gasteiger partial charge in [0.25, 0.3) is 0 Å². The molecule has 0 atom stereocenters. The average molecular weight is 282 g/mol. The van der Waals surface area contributed by atoms with Gasteiger partial charge < -0.3 is 12.4 Å². The lowest BCUT2D eigenvalue weighted by Gasteiger charge is -2.04. The minimum Gasteiger partial charge on any atom is -1.00 e. The van der Waals surface area contributed by atoms with E-state index in [0.29, 0.717) is 0 Å². The Hall–Kier alpha value is -2.12. The molecular weight excluding hydrogens is 266 g/mol. The quantitative estimate of drug-likeness (QED) is 0.626. The molecule has 0 spiro atoms. The van der Waals surface area contributed by atoms with Crippen LogP contribution in [0.3, 0.4) is 0 Å². The number of aromatic nitrogens is 1. The van der Waals surface area contributed by atoms with Gasteiger partial charge in [-0.2, -0.15) is 4.57 Å². The van der Waals surface area contributed by atoms with Crippen molar-refractivity contribution >= 4 is 17.0 Å². The molecule has 3 aromatic rings. The van der Waals surface area contributed by atoms with Crippen LogP contribution in [-0.2, 0) is 6.54 Å². The van der Waals surface area contributed by atoms with Crippen molar-refractivity contribution in [3.63, 3.8) is 0 Å². The molecule has 0 bridgehead atoms. The fourth-order valence-corrected chi connectivity index (χ4v) is 2.40. The van der Waals surface area contributed by atoms with Crippen molar-refractivity contribution in [3.8, 4) is 0 Å². The van der Waals surface area contributed by atoms with E-state index in [2.05, 4.69) is 71.9 Å². The maximum absolute atomic E-state index is 3.89. The molecule has 2 heteroatoms. The minimum absolute atomic E-state index is 0. The fraction of sp³-hybridized carbons (Fsp3) is 0.0556. The lowest BCUT2D eigenvalue weighted by molar-refractivity contribution is -0.662. The van der Waals surface area contributed by atoms with Crippen LogP contribution in [-0.4, -0.2) is 0 Å². The number of para-hydroxylation sites is 1. The zero-order valence-corrected chi connectivity index (χ0v) is 11.9. The van der Waals surface area contributed by atoms with Gasteiger partial charge in [-0.3, -0.25) is 0 Å². The van der Waals surface area contributed by atoms with Crippen LogP contribution in [0.2, 0.25) is 0 Å². The van der Waals surface area contributed by atoms with E-state index in [-0.39, 0.29) is 12.4 Å². The summed E-state index contributed by atoms with van der Waals surface area (Å²) >= 11 is 0. The Bertz CT molecular complexity index is 720. The van der Waals surface area contributed by atoms with Gasteiger partial charge in [-0.15, -0.1) is 0 Å². The Morgan fingerprint density at radius 1 is 0.900 bits per heavy atom. The van der Waals surface area contributed by atoms with Gasteiger partial charge in [0.05, 0.1) is 5.39 Å². The number of pyridine rings is 1. The fourth-order valence-electron chi connectivity index (χ4n) is 2.40. The van der Waals surface area contributed by atoms with Crippen molar-refractivity contribution in [1.29, 1.82) is 0 Å². The summed E-state index contributed by atoms with van der Waals surface area (Å²) in [5, 5.41) is 1.25. The topological polar surface area (TPSA) is 3.88 Å². The summed E-state index contributed by atoms with van der Waals surface area (Å²) < 4.78 is 2.28. The molecule has 1 nitrogen and oxygen atoms in total. The highest BCUT2D eigenvalue weighted by atomic mass is 35.5. The Kier molecular flexibility index (Phi) is 4.54. The zero-order chi connectivity index (χ0) is 13.1. The second kappa shape index (κ2) is 6.36. The van der Waals surface area contributed by atoms with Crippen molar-refractivity contribution < 1.29 is 17.0 Å². The third kappa shape index (κ3) is 2.73. The molecule has 1 aromatic heterocycles. The Balaban J connectivity index is 0.00000147. The van der Waals surface area contributed by atoms with Crippen LogP contribution in [0.15, 0.2) is 73.4 Å². The van der Waals surface area contributed by atoms with E-state index in [1.54, 1.807) is 0 Å². The van der Waals surface area contributed by atoms with Crippen molar-refractivity contribution in [2.75, 3.05) is 0 Å². The molecule has 0 aliphatic heterocycles. The molecule has 0 aliphatic rings. The predicted molar refractivity (Wildman–Crippen MR) is 79.8 cm³/mol. The maximum atomic E-state index is 3.89. The number of rotatable bonds is 3. The molecule has 0 N–H and O–H groups in total. The largest absolute Gasteiger partial charge is 1.00 e. The number of hydrogen-bond acceptors (Lipinski definition) is 0. The molecule has 0 fully saturated rings. The molecule has 100 valence electrons. The molecule has 3 rings (SSSR count). The Labute approximate surface area is 125 Å². The molecule has 0 radical (unpaired) electrons. The number of fused-ring (bicyclic) bond motifs is 1. The first-order valence-electron chi connectivity index (χ1n) is 6.46. The summed E-state index contributed by atoms with van der Waals surface area (Å²) in [5.41, 5.74) is 3.73. The number of halogens is 1. The second-order valence-corrected chi connectivity index (χ2v) is 4.61. The Morgan fingerprint density at radius 3 is 2.35 bits per heavy atom. The van der Waals surface area contributed by atoms with Gasteiger partial charge in [-0.25, -0.2) is 0 Å². The van der Waals surface area contributed by atoms with E-state index < -0.39 is 0 Å². The van der Waals surface area contributed by atoms with E-state index in [1.807, 2.05) is 12.1 Å². The highest BCUT2D eigenvalue weighted by Crippen LogP contribution is 2.16. The predicted octanol–water partition coefficient (Wildman–Crippen LogP) is 0.823. The van der Waals surface area contributed by atoms with Crippen LogP contribution in [0.25, 0.3) is 17.0 Å². The monoisotopic (exact) mass is 281 g/mol.